The molecule has 0 N–H and O–H groups in total. The summed E-state index contributed by atoms with van der Waals surface area (Å²) in [6, 6.07) is 17.8. The van der Waals surface area contributed by atoms with Crippen LogP contribution in [0.4, 0.5) is 0 Å². The third kappa shape index (κ3) is 2.98. The zero-order valence-corrected chi connectivity index (χ0v) is 11.6. The summed E-state index contributed by atoms with van der Waals surface area (Å²) in [5, 5.41) is 4.00. The molecule has 3 rings (SSSR count). The molecule has 0 bridgehead atoms. The molecule has 1 unspecified atom stereocenters. The Morgan fingerprint density at radius 3 is 2.38 bits per heavy atom. The number of ether oxygens (including phenoxy) is 2. The molecule has 21 heavy (non-hydrogen) atoms. The van der Waals surface area contributed by atoms with Gasteiger partial charge in [0.2, 0.25) is 5.90 Å². The van der Waals surface area contributed by atoms with E-state index in [-0.39, 0.29) is 0 Å². The predicted octanol–water partition coefficient (Wildman–Crippen LogP) is 2.97. The van der Waals surface area contributed by atoms with Crippen LogP contribution in [0.1, 0.15) is 15.9 Å². The van der Waals surface area contributed by atoms with Gasteiger partial charge in [-0.1, -0.05) is 36.4 Å². The lowest BCUT2D eigenvalue weighted by Crippen LogP contribution is -2.27. The maximum atomic E-state index is 12.0. The van der Waals surface area contributed by atoms with Crippen molar-refractivity contribution >= 4 is 23.6 Å². The highest BCUT2D eigenvalue weighted by molar-refractivity contribution is 6.14. The molecular weight excluding hydrogens is 292 g/mol. The van der Waals surface area contributed by atoms with Gasteiger partial charge < -0.3 is 9.47 Å². The first-order chi connectivity index (χ1) is 10.2. The topological polar surface area (TPSA) is 51.1 Å². The standard InChI is InChI=1S/C15H11ClN2O3/c16-18-15(21-14(19)12-9-5-2-6-10-12)20-13(17-18)11-7-3-1-4-8-11/h1-10,15H. The number of carbonyl (C=O) groups excluding carboxylic acids is 1. The summed E-state index contributed by atoms with van der Waals surface area (Å²) in [6.07, 6.45) is -1.09. The van der Waals surface area contributed by atoms with Gasteiger partial charge in [0.25, 0.3) is 0 Å². The van der Waals surface area contributed by atoms with Crippen molar-refractivity contribution in [1.29, 1.82) is 0 Å². The third-order valence-electron chi connectivity index (χ3n) is 2.81. The van der Waals surface area contributed by atoms with Gasteiger partial charge in [-0.15, -0.1) is 9.63 Å². The second kappa shape index (κ2) is 5.85. The zero-order valence-electron chi connectivity index (χ0n) is 10.8. The number of hydrogen-bond acceptors (Lipinski definition) is 5. The van der Waals surface area contributed by atoms with Crippen molar-refractivity contribution in [2.24, 2.45) is 5.10 Å². The van der Waals surface area contributed by atoms with E-state index in [1.54, 1.807) is 24.3 Å². The molecule has 5 nitrogen and oxygen atoms in total. The number of carbonyl (C=O) groups is 1. The van der Waals surface area contributed by atoms with Crippen LogP contribution in [0.5, 0.6) is 0 Å². The summed E-state index contributed by atoms with van der Waals surface area (Å²) in [6.45, 7) is 0. The van der Waals surface area contributed by atoms with Gasteiger partial charge in [-0.25, -0.2) is 4.79 Å². The maximum absolute atomic E-state index is 12.0. The monoisotopic (exact) mass is 302 g/mol. The van der Waals surface area contributed by atoms with E-state index in [9.17, 15) is 4.79 Å². The molecule has 0 aliphatic carbocycles. The SMILES string of the molecule is O=C(OC1OC(c2ccccc2)=NN1Cl)c1ccccc1. The lowest BCUT2D eigenvalue weighted by molar-refractivity contribution is -0.0969. The number of rotatable bonds is 3. The van der Waals surface area contributed by atoms with Gasteiger partial charge in [-0.05, 0) is 24.3 Å². The van der Waals surface area contributed by atoms with E-state index in [4.69, 9.17) is 21.3 Å². The molecule has 1 aliphatic heterocycles. The molecule has 1 aliphatic rings. The van der Waals surface area contributed by atoms with E-state index >= 15 is 0 Å². The molecule has 0 aromatic heterocycles. The van der Waals surface area contributed by atoms with Crippen molar-refractivity contribution in [3.8, 4) is 0 Å². The van der Waals surface area contributed by atoms with Crippen molar-refractivity contribution in [2.75, 3.05) is 0 Å². The van der Waals surface area contributed by atoms with Crippen LogP contribution in [-0.4, -0.2) is 22.8 Å². The Kier molecular flexibility index (Phi) is 3.75. The summed E-state index contributed by atoms with van der Waals surface area (Å²) >= 11 is 5.90. The second-order valence-electron chi connectivity index (χ2n) is 4.26. The van der Waals surface area contributed by atoms with Crippen LogP contribution in [0.15, 0.2) is 65.8 Å². The molecule has 106 valence electrons. The van der Waals surface area contributed by atoms with Crippen molar-refractivity contribution in [1.82, 2.24) is 4.53 Å². The molecule has 2 aromatic rings. The average molecular weight is 303 g/mol. The summed E-state index contributed by atoms with van der Waals surface area (Å²) in [5.74, 6) is -0.229. The molecule has 6 heteroatoms. The minimum Gasteiger partial charge on any atom is -0.415 e. The largest absolute Gasteiger partial charge is 0.415 e. The highest BCUT2D eigenvalue weighted by Gasteiger charge is 2.31. The minimum atomic E-state index is -1.09. The number of halogens is 1. The molecule has 1 heterocycles. The Morgan fingerprint density at radius 2 is 1.71 bits per heavy atom. The van der Waals surface area contributed by atoms with Crippen LogP contribution >= 0.6 is 11.8 Å². The fourth-order valence-corrected chi connectivity index (χ4v) is 1.95. The Hall–Kier alpha value is -2.53. The number of hydrazone groups is 1. The maximum Gasteiger partial charge on any atom is 0.360 e. The molecule has 0 radical (unpaired) electrons. The summed E-state index contributed by atoms with van der Waals surface area (Å²) < 4.78 is 11.6. The zero-order chi connectivity index (χ0) is 14.7. The van der Waals surface area contributed by atoms with Gasteiger partial charge in [0.05, 0.1) is 5.56 Å². The second-order valence-corrected chi connectivity index (χ2v) is 4.60. The van der Waals surface area contributed by atoms with Gasteiger partial charge in [0.15, 0.2) is 0 Å². The predicted molar refractivity (Wildman–Crippen MR) is 77.4 cm³/mol. The first-order valence-electron chi connectivity index (χ1n) is 6.26. The fourth-order valence-electron chi connectivity index (χ4n) is 1.80. The highest BCUT2D eigenvalue weighted by atomic mass is 35.5. The van der Waals surface area contributed by atoms with Gasteiger partial charge in [0.1, 0.15) is 0 Å². The quantitative estimate of drug-likeness (QED) is 0.646. The van der Waals surface area contributed by atoms with Crippen LogP contribution in [0, 0.1) is 0 Å². The van der Waals surface area contributed by atoms with Crippen molar-refractivity contribution in [2.45, 2.75) is 6.41 Å². The van der Waals surface area contributed by atoms with E-state index in [1.807, 2.05) is 36.4 Å². The molecule has 0 saturated carbocycles. The Bertz CT molecular complexity index is 661. The summed E-state index contributed by atoms with van der Waals surface area (Å²) in [4.78, 5) is 12.0. The van der Waals surface area contributed by atoms with Crippen molar-refractivity contribution < 1.29 is 14.3 Å². The normalized spacial score (nSPS) is 17.1. The van der Waals surface area contributed by atoms with E-state index < -0.39 is 12.4 Å². The van der Waals surface area contributed by atoms with Crippen molar-refractivity contribution in [3.05, 3.63) is 71.8 Å². The molecular formula is C15H11ClN2O3. The van der Waals surface area contributed by atoms with Crippen molar-refractivity contribution in [3.63, 3.8) is 0 Å². The van der Waals surface area contributed by atoms with Crippen LogP contribution in [0.3, 0.4) is 0 Å². The Morgan fingerprint density at radius 1 is 1.10 bits per heavy atom. The molecule has 0 fully saturated rings. The van der Waals surface area contributed by atoms with Gasteiger partial charge in [-0.3, -0.25) is 0 Å². The number of nitrogens with zero attached hydrogens (tertiary/aromatic N) is 2. The highest BCUT2D eigenvalue weighted by Crippen LogP contribution is 2.21. The first-order valence-corrected chi connectivity index (χ1v) is 6.59. The summed E-state index contributed by atoms with van der Waals surface area (Å²) in [7, 11) is 0. The lowest BCUT2D eigenvalue weighted by atomic mass is 10.2. The van der Waals surface area contributed by atoms with Crippen LogP contribution in [-0.2, 0) is 9.47 Å². The average Bonchev–Trinajstić information content (AvgIpc) is 2.90. The fraction of sp³-hybridized carbons (Fsp3) is 0.0667. The molecule has 0 saturated heterocycles. The number of esters is 1. The van der Waals surface area contributed by atoms with Crippen LogP contribution in [0.2, 0.25) is 0 Å². The van der Waals surface area contributed by atoms with Crippen LogP contribution < -0.4 is 0 Å². The smallest absolute Gasteiger partial charge is 0.360 e. The van der Waals surface area contributed by atoms with E-state index in [2.05, 4.69) is 5.10 Å². The van der Waals surface area contributed by atoms with E-state index in [1.165, 1.54) is 0 Å². The minimum absolute atomic E-state index is 0.302. The Labute approximate surface area is 126 Å². The lowest BCUT2D eigenvalue weighted by Gasteiger charge is -2.15. The van der Waals surface area contributed by atoms with E-state index in [0.29, 0.717) is 11.5 Å². The van der Waals surface area contributed by atoms with Gasteiger partial charge in [0, 0.05) is 17.3 Å². The van der Waals surface area contributed by atoms with Gasteiger partial charge in [-0.2, -0.15) is 0 Å². The van der Waals surface area contributed by atoms with E-state index in [0.717, 1.165) is 10.1 Å². The molecule has 1 atom stereocenters. The molecule has 0 spiro atoms. The first kappa shape index (κ1) is 13.5. The molecule has 2 aromatic carbocycles. The summed E-state index contributed by atoms with van der Waals surface area (Å²) in [5.41, 5.74) is 1.17. The van der Waals surface area contributed by atoms with Gasteiger partial charge >= 0.3 is 12.4 Å². The van der Waals surface area contributed by atoms with Crippen LogP contribution in [0.25, 0.3) is 0 Å². The molecule has 0 amide bonds. The number of benzene rings is 2. The Balaban J connectivity index is 1.68. The number of hydrogen-bond donors (Lipinski definition) is 0. The third-order valence-corrected chi connectivity index (χ3v) is 3.05.